The number of benzene rings is 1. The largest absolute Gasteiger partial charge is 0.312 e. The van der Waals surface area contributed by atoms with Gasteiger partial charge in [0, 0.05) is 14.9 Å². The van der Waals surface area contributed by atoms with Crippen molar-refractivity contribution in [3.8, 4) is 10.6 Å². The second kappa shape index (κ2) is 5.31. The molecule has 0 fully saturated rings. The van der Waals surface area contributed by atoms with Gasteiger partial charge in [-0.2, -0.15) is 0 Å². The van der Waals surface area contributed by atoms with Crippen LogP contribution in [0.25, 0.3) is 10.6 Å². The minimum Gasteiger partial charge on any atom is -0.312 e. The second-order valence-electron chi connectivity index (χ2n) is 4.72. The third-order valence-electron chi connectivity index (χ3n) is 3.41. The van der Waals surface area contributed by atoms with Gasteiger partial charge in [0.05, 0.1) is 11.7 Å². The van der Waals surface area contributed by atoms with Gasteiger partial charge in [0.25, 0.3) is 0 Å². The molecule has 1 atom stereocenters. The first-order valence-electron chi connectivity index (χ1n) is 6.30. The third-order valence-corrected chi connectivity index (χ3v) is 5.05. The van der Waals surface area contributed by atoms with Gasteiger partial charge in [-0.05, 0) is 44.5 Å². The number of nitrogens with one attached hydrogen (secondary N) is 1. The zero-order valence-corrected chi connectivity index (χ0v) is 12.9. The third kappa shape index (κ3) is 2.59. The zero-order chi connectivity index (χ0) is 13.4. The van der Waals surface area contributed by atoms with Crippen LogP contribution in [0.2, 0.25) is 0 Å². The van der Waals surface area contributed by atoms with Crippen LogP contribution in [0.5, 0.6) is 0 Å². The van der Waals surface area contributed by atoms with Crippen LogP contribution in [0, 0.1) is 5.82 Å². The summed E-state index contributed by atoms with van der Waals surface area (Å²) in [6.07, 6.45) is 3.40. The molecule has 1 unspecified atom stereocenters. The molecule has 3 rings (SSSR count). The lowest BCUT2D eigenvalue weighted by atomic mass is 9.98. The van der Waals surface area contributed by atoms with Gasteiger partial charge in [-0.15, -0.1) is 11.3 Å². The minimum absolute atomic E-state index is 0.234. The summed E-state index contributed by atoms with van der Waals surface area (Å²) in [7, 11) is 1.97. The second-order valence-corrected chi connectivity index (χ2v) is 6.72. The molecule has 19 heavy (non-hydrogen) atoms. The Morgan fingerprint density at radius 3 is 3.00 bits per heavy atom. The summed E-state index contributed by atoms with van der Waals surface area (Å²) in [6, 6.07) is 5.27. The number of rotatable bonds is 2. The van der Waals surface area contributed by atoms with Crippen molar-refractivity contribution in [3.05, 3.63) is 39.1 Å². The summed E-state index contributed by atoms with van der Waals surface area (Å²) >= 11 is 5.02. The van der Waals surface area contributed by atoms with Crippen LogP contribution in [0.3, 0.4) is 0 Å². The summed E-state index contributed by atoms with van der Waals surface area (Å²) < 4.78 is 14.2. The van der Waals surface area contributed by atoms with E-state index in [9.17, 15) is 4.39 Å². The standard InChI is InChI=1S/C14H14BrFN2S/c1-17-11-3-2-4-12-13(11)18-14(19-12)8-5-9(15)7-10(16)6-8/h5-7,11,17H,2-4H2,1H3. The molecule has 0 radical (unpaired) electrons. The SMILES string of the molecule is CNC1CCCc2sc(-c3cc(F)cc(Br)c3)nc21. The lowest BCUT2D eigenvalue weighted by molar-refractivity contribution is 0.490. The number of aromatic nitrogens is 1. The number of thiazole rings is 1. The van der Waals surface area contributed by atoms with E-state index in [0.717, 1.165) is 33.6 Å². The lowest BCUT2D eigenvalue weighted by Gasteiger charge is -2.19. The van der Waals surface area contributed by atoms with Gasteiger partial charge in [-0.3, -0.25) is 0 Å². The van der Waals surface area contributed by atoms with Crippen molar-refractivity contribution in [1.29, 1.82) is 0 Å². The Morgan fingerprint density at radius 1 is 1.42 bits per heavy atom. The molecule has 0 bridgehead atoms. The first-order chi connectivity index (χ1) is 9.17. The number of nitrogens with zero attached hydrogens (tertiary/aromatic N) is 1. The fraction of sp³-hybridized carbons (Fsp3) is 0.357. The highest BCUT2D eigenvalue weighted by Gasteiger charge is 2.23. The van der Waals surface area contributed by atoms with E-state index in [0.29, 0.717) is 6.04 Å². The summed E-state index contributed by atoms with van der Waals surface area (Å²) in [5.41, 5.74) is 2.00. The molecule has 100 valence electrons. The molecule has 1 aromatic heterocycles. The number of hydrogen-bond donors (Lipinski definition) is 1. The highest BCUT2D eigenvalue weighted by molar-refractivity contribution is 9.10. The van der Waals surface area contributed by atoms with Gasteiger partial charge < -0.3 is 5.32 Å². The van der Waals surface area contributed by atoms with Crippen LogP contribution < -0.4 is 5.32 Å². The highest BCUT2D eigenvalue weighted by atomic mass is 79.9. The van der Waals surface area contributed by atoms with Gasteiger partial charge in [0.15, 0.2) is 0 Å². The molecular formula is C14H14BrFN2S. The van der Waals surface area contributed by atoms with E-state index in [4.69, 9.17) is 4.98 Å². The van der Waals surface area contributed by atoms with Crippen molar-refractivity contribution >= 4 is 27.3 Å². The predicted octanol–water partition coefficient (Wildman–Crippen LogP) is 4.31. The average molecular weight is 341 g/mol. The van der Waals surface area contributed by atoms with Gasteiger partial charge in [-0.1, -0.05) is 15.9 Å². The molecule has 1 aliphatic rings. The number of fused-ring (bicyclic) bond motifs is 1. The fourth-order valence-electron chi connectivity index (χ4n) is 2.50. The number of hydrogen-bond acceptors (Lipinski definition) is 3. The smallest absolute Gasteiger partial charge is 0.125 e. The van der Waals surface area contributed by atoms with Crippen LogP contribution >= 0.6 is 27.3 Å². The fourth-order valence-corrected chi connectivity index (χ4v) is 4.12. The molecule has 0 saturated heterocycles. The van der Waals surface area contributed by atoms with E-state index in [1.807, 2.05) is 13.1 Å². The van der Waals surface area contributed by atoms with Gasteiger partial charge in [-0.25, -0.2) is 9.37 Å². The summed E-state index contributed by atoms with van der Waals surface area (Å²) in [4.78, 5) is 6.06. The van der Waals surface area contributed by atoms with E-state index < -0.39 is 0 Å². The molecule has 1 N–H and O–H groups in total. The topological polar surface area (TPSA) is 24.9 Å². The maximum absolute atomic E-state index is 13.5. The van der Waals surface area contributed by atoms with Crippen LogP contribution in [0.4, 0.5) is 4.39 Å². The Kier molecular flexibility index (Phi) is 3.69. The quantitative estimate of drug-likeness (QED) is 0.881. The van der Waals surface area contributed by atoms with Crippen molar-refractivity contribution in [2.75, 3.05) is 7.05 Å². The van der Waals surface area contributed by atoms with Gasteiger partial charge >= 0.3 is 0 Å². The predicted molar refractivity (Wildman–Crippen MR) is 79.9 cm³/mol. The van der Waals surface area contributed by atoms with Crippen molar-refractivity contribution in [1.82, 2.24) is 10.3 Å². The molecule has 2 aromatic rings. The van der Waals surface area contributed by atoms with Crippen LogP contribution in [0.15, 0.2) is 22.7 Å². The van der Waals surface area contributed by atoms with Crippen LogP contribution in [-0.2, 0) is 6.42 Å². The Bertz CT molecular complexity index is 591. The lowest BCUT2D eigenvalue weighted by Crippen LogP contribution is -2.21. The van der Waals surface area contributed by atoms with Crippen LogP contribution in [-0.4, -0.2) is 12.0 Å². The number of aryl methyl sites for hydroxylation is 1. The van der Waals surface area contributed by atoms with Crippen molar-refractivity contribution in [3.63, 3.8) is 0 Å². The molecular weight excluding hydrogens is 327 g/mol. The van der Waals surface area contributed by atoms with E-state index in [-0.39, 0.29) is 5.82 Å². The zero-order valence-electron chi connectivity index (χ0n) is 10.5. The van der Waals surface area contributed by atoms with Crippen molar-refractivity contribution in [2.24, 2.45) is 0 Å². The van der Waals surface area contributed by atoms with Crippen molar-refractivity contribution < 1.29 is 4.39 Å². The Hall–Kier alpha value is -0.780. The molecule has 0 aliphatic heterocycles. The molecule has 0 saturated carbocycles. The summed E-state index contributed by atoms with van der Waals surface area (Å²) in [6.45, 7) is 0. The molecule has 0 amide bonds. The first kappa shape index (κ1) is 13.2. The first-order valence-corrected chi connectivity index (χ1v) is 7.91. The minimum atomic E-state index is -0.234. The molecule has 0 spiro atoms. The Balaban J connectivity index is 2.04. The Morgan fingerprint density at radius 2 is 2.26 bits per heavy atom. The van der Waals surface area contributed by atoms with Gasteiger partial charge in [0.1, 0.15) is 10.8 Å². The van der Waals surface area contributed by atoms with E-state index in [2.05, 4.69) is 21.2 Å². The molecule has 1 aliphatic carbocycles. The normalized spacial score (nSPS) is 18.4. The summed E-state index contributed by atoms with van der Waals surface area (Å²) in [5, 5.41) is 4.22. The van der Waals surface area contributed by atoms with E-state index >= 15 is 0 Å². The maximum atomic E-state index is 13.5. The molecule has 1 aromatic carbocycles. The monoisotopic (exact) mass is 340 g/mol. The van der Waals surface area contributed by atoms with Gasteiger partial charge in [0.2, 0.25) is 0 Å². The molecule has 1 heterocycles. The number of halogens is 2. The molecule has 2 nitrogen and oxygen atoms in total. The van der Waals surface area contributed by atoms with Crippen LogP contribution in [0.1, 0.15) is 29.5 Å². The van der Waals surface area contributed by atoms with Crippen molar-refractivity contribution in [2.45, 2.75) is 25.3 Å². The Labute approximate surface area is 124 Å². The van der Waals surface area contributed by atoms with E-state index in [1.165, 1.54) is 17.4 Å². The molecule has 5 heteroatoms. The maximum Gasteiger partial charge on any atom is 0.125 e. The van der Waals surface area contributed by atoms with E-state index in [1.54, 1.807) is 17.4 Å². The highest BCUT2D eigenvalue weighted by Crippen LogP contribution is 2.37. The average Bonchev–Trinajstić information content (AvgIpc) is 2.81. The summed E-state index contributed by atoms with van der Waals surface area (Å²) in [5.74, 6) is -0.234.